The fraction of sp³-hybridized carbons (Fsp3) is 0.111. The number of nitrogens with zero attached hydrogens (tertiary/aromatic N) is 2. The van der Waals surface area contributed by atoms with Crippen LogP contribution in [-0.4, -0.2) is 30.8 Å². The molecule has 26 heavy (non-hydrogen) atoms. The Morgan fingerprint density at radius 1 is 1.31 bits per heavy atom. The van der Waals surface area contributed by atoms with Gasteiger partial charge in [0.25, 0.3) is 11.6 Å². The molecule has 0 bridgehead atoms. The smallest absolute Gasteiger partial charge is 0.271 e. The minimum atomic E-state index is -0.567. The number of nitro benzene ring substituents is 1. The van der Waals surface area contributed by atoms with Crippen molar-refractivity contribution in [2.75, 3.05) is 13.7 Å². The lowest BCUT2D eigenvalue weighted by Crippen LogP contribution is -2.17. The van der Waals surface area contributed by atoms with E-state index in [-0.39, 0.29) is 11.3 Å². The third kappa shape index (κ3) is 4.91. The summed E-state index contributed by atoms with van der Waals surface area (Å²) in [6, 6.07) is 10.5. The molecule has 0 saturated heterocycles. The van der Waals surface area contributed by atoms with Gasteiger partial charge >= 0.3 is 0 Å². The molecule has 0 radical (unpaired) electrons. The summed E-state index contributed by atoms with van der Waals surface area (Å²) in [6.07, 6.45) is 3.05. The second-order valence-electron chi connectivity index (χ2n) is 5.02. The van der Waals surface area contributed by atoms with E-state index in [1.807, 2.05) is 0 Å². The van der Waals surface area contributed by atoms with Gasteiger partial charge in [0, 0.05) is 17.7 Å². The van der Waals surface area contributed by atoms with Crippen LogP contribution in [0.1, 0.15) is 15.9 Å². The van der Waals surface area contributed by atoms with Gasteiger partial charge in [0.15, 0.2) is 11.5 Å². The van der Waals surface area contributed by atoms with E-state index in [1.54, 1.807) is 24.3 Å². The average Bonchev–Trinajstić information content (AvgIpc) is 2.66. The number of carbonyl (C=O) groups is 1. The summed E-state index contributed by atoms with van der Waals surface area (Å²) < 4.78 is 10.7. The molecule has 2 rings (SSSR count). The summed E-state index contributed by atoms with van der Waals surface area (Å²) >= 11 is 0. The first kappa shape index (κ1) is 18.7. The molecule has 0 saturated carbocycles. The lowest BCUT2D eigenvalue weighted by molar-refractivity contribution is -0.384. The van der Waals surface area contributed by atoms with Crippen LogP contribution in [-0.2, 0) is 0 Å². The van der Waals surface area contributed by atoms with Crippen LogP contribution in [0.15, 0.2) is 60.2 Å². The van der Waals surface area contributed by atoms with Gasteiger partial charge in [-0.2, -0.15) is 5.10 Å². The summed E-state index contributed by atoms with van der Waals surface area (Å²) in [4.78, 5) is 22.2. The average molecular weight is 355 g/mol. The molecule has 134 valence electrons. The molecule has 1 N–H and O–H groups in total. The molecule has 0 heterocycles. The number of rotatable bonds is 8. The normalized spacial score (nSPS) is 10.3. The van der Waals surface area contributed by atoms with Crippen molar-refractivity contribution in [2.45, 2.75) is 0 Å². The van der Waals surface area contributed by atoms with E-state index in [0.717, 1.165) is 0 Å². The maximum absolute atomic E-state index is 12.0. The Morgan fingerprint density at radius 3 is 2.81 bits per heavy atom. The van der Waals surface area contributed by atoms with Gasteiger partial charge in [-0.05, 0) is 29.8 Å². The highest BCUT2D eigenvalue weighted by Crippen LogP contribution is 2.27. The number of hydrazone groups is 1. The van der Waals surface area contributed by atoms with Crippen LogP contribution in [0.5, 0.6) is 11.5 Å². The van der Waals surface area contributed by atoms with Gasteiger partial charge < -0.3 is 9.47 Å². The minimum absolute atomic E-state index is 0.141. The Labute approximate surface area is 149 Å². The summed E-state index contributed by atoms with van der Waals surface area (Å²) in [6.45, 7) is 3.93. The third-order valence-electron chi connectivity index (χ3n) is 3.24. The SMILES string of the molecule is C=CCOc1ccc(C=NNC(=O)c2cccc([N+](=O)[O-])c2)cc1OC. The van der Waals surface area contributed by atoms with Crippen LogP contribution in [0.25, 0.3) is 0 Å². The molecule has 0 aliphatic heterocycles. The van der Waals surface area contributed by atoms with Crippen molar-refractivity contribution in [3.05, 3.63) is 76.4 Å². The number of nitrogens with one attached hydrogen (secondary N) is 1. The van der Waals surface area contributed by atoms with Crippen LogP contribution in [0, 0.1) is 10.1 Å². The fourth-order valence-electron chi connectivity index (χ4n) is 2.02. The summed E-state index contributed by atoms with van der Waals surface area (Å²) in [5.74, 6) is 0.522. The van der Waals surface area contributed by atoms with Crippen molar-refractivity contribution in [3.8, 4) is 11.5 Å². The summed E-state index contributed by atoms with van der Waals surface area (Å²) in [7, 11) is 1.51. The Kier molecular flexibility index (Phi) is 6.44. The number of amides is 1. The predicted octanol–water partition coefficient (Wildman–Crippen LogP) is 2.93. The maximum atomic E-state index is 12.0. The Balaban J connectivity index is 2.05. The van der Waals surface area contributed by atoms with Gasteiger partial charge in [0.2, 0.25) is 0 Å². The first-order chi connectivity index (χ1) is 12.5. The van der Waals surface area contributed by atoms with Crippen LogP contribution < -0.4 is 14.9 Å². The van der Waals surface area contributed by atoms with E-state index in [0.29, 0.717) is 23.7 Å². The summed E-state index contributed by atoms with van der Waals surface area (Å²) in [5, 5.41) is 14.6. The number of ether oxygens (including phenoxy) is 2. The van der Waals surface area contributed by atoms with Gasteiger partial charge in [-0.3, -0.25) is 14.9 Å². The summed E-state index contributed by atoms with van der Waals surface area (Å²) in [5.41, 5.74) is 2.97. The number of non-ortho nitro benzene ring substituents is 1. The van der Waals surface area contributed by atoms with E-state index in [4.69, 9.17) is 9.47 Å². The van der Waals surface area contributed by atoms with Crippen molar-refractivity contribution in [1.82, 2.24) is 5.43 Å². The molecule has 0 fully saturated rings. The van der Waals surface area contributed by atoms with Crippen molar-refractivity contribution >= 4 is 17.8 Å². The monoisotopic (exact) mass is 355 g/mol. The maximum Gasteiger partial charge on any atom is 0.271 e. The minimum Gasteiger partial charge on any atom is -0.493 e. The first-order valence-electron chi connectivity index (χ1n) is 7.54. The van der Waals surface area contributed by atoms with E-state index in [9.17, 15) is 14.9 Å². The van der Waals surface area contributed by atoms with Crippen molar-refractivity contribution in [3.63, 3.8) is 0 Å². The highest BCUT2D eigenvalue weighted by atomic mass is 16.6. The Hall–Kier alpha value is -3.68. The van der Waals surface area contributed by atoms with Gasteiger partial charge in [-0.1, -0.05) is 18.7 Å². The lowest BCUT2D eigenvalue weighted by Gasteiger charge is -2.09. The molecule has 0 aliphatic carbocycles. The van der Waals surface area contributed by atoms with Crippen molar-refractivity contribution in [1.29, 1.82) is 0 Å². The molecule has 0 unspecified atom stereocenters. The molecule has 8 heteroatoms. The highest BCUT2D eigenvalue weighted by Gasteiger charge is 2.10. The molecule has 2 aromatic rings. The molecule has 8 nitrogen and oxygen atoms in total. The first-order valence-corrected chi connectivity index (χ1v) is 7.54. The highest BCUT2D eigenvalue weighted by molar-refractivity contribution is 5.95. The number of hydrogen-bond donors (Lipinski definition) is 1. The van der Waals surface area contributed by atoms with E-state index < -0.39 is 10.8 Å². The molecule has 0 spiro atoms. The third-order valence-corrected chi connectivity index (χ3v) is 3.24. The molecular weight excluding hydrogens is 338 g/mol. The number of methoxy groups -OCH3 is 1. The van der Waals surface area contributed by atoms with Crippen LogP contribution >= 0.6 is 0 Å². The number of hydrogen-bond acceptors (Lipinski definition) is 6. The lowest BCUT2D eigenvalue weighted by atomic mass is 10.2. The number of benzene rings is 2. The second-order valence-corrected chi connectivity index (χ2v) is 5.02. The molecule has 0 atom stereocenters. The largest absolute Gasteiger partial charge is 0.493 e. The molecule has 1 amide bonds. The van der Waals surface area contributed by atoms with E-state index >= 15 is 0 Å². The predicted molar refractivity (Wildman–Crippen MR) is 96.8 cm³/mol. The van der Waals surface area contributed by atoms with Crippen molar-refractivity contribution < 1.29 is 19.2 Å². The van der Waals surface area contributed by atoms with Crippen molar-refractivity contribution in [2.24, 2.45) is 5.10 Å². The molecular formula is C18H17N3O5. The topological polar surface area (TPSA) is 103 Å². The van der Waals surface area contributed by atoms with Crippen LogP contribution in [0.2, 0.25) is 0 Å². The molecule has 0 aromatic heterocycles. The Morgan fingerprint density at radius 2 is 2.12 bits per heavy atom. The van der Waals surface area contributed by atoms with E-state index in [2.05, 4.69) is 17.1 Å². The zero-order chi connectivity index (χ0) is 18.9. The van der Waals surface area contributed by atoms with Crippen LogP contribution in [0.4, 0.5) is 5.69 Å². The number of carbonyl (C=O) groups excluding carboxylic acids is 1. The standard InChI is InChI=1S/C18H17N3O5/c1-3-9-26-16-8-7-13(10-17(16)25-2)12-19-20-18(22)14-5-4-6-15(11-14)21(23)24/h3-8,10-12H,1,9H2,2H3,(H,20,22). The second kappa shape index (κ2) is 8.97. The number of nitro groups is 1. The van der Waals surface area contributed by atoms with Gasteiger partial charge in [0.1, 0.15) is 6.61 Å². The molecule has 2 aromatic carbocycles. The van der Waals surface area contributed by atoms with E-state index in [1.165, 1.54) is 37.6 Å². The zero-order valence-corrected chi connectivity index (χ0v) is 14.0. The quantitative estimate of drug-likeness (QED) is 0.339. The van der Waals surface area contributed by atoms with Gasteiger partial charge in [-0.25, -0.2) is 5.43 Å². The zero-order valence-electron chi connectivity index (χ0n) is 14.0. The van der Waals surface area contributed by atoms with Crippen LogP contribution in [0.3, 0.4) is 0 Å². The fourth-order valence-corrected chi connectivity index (χ4v) is 2.02. The van der Waals surface area contributed by atoms with Gasteiger partial charge in [0.05, 0.1) is 18.2 Å². The van der Waals surface area contributed by atoms with Gasteiger partial charge in [-0.15, -0.1) is 0 Å². The Bertz CT molecular complexity index is 848. The molecule has 0 aliphatic rings.